The second kappa shape index (κ2) is 16.0. The SMILES string of the molecule is C#CCCCCC(C)C(=O)NCCCC[C@H]1C(OC)=CC(=O)N1C(=O)[C@@H](C)CCCCC#C. The van der Waals surface area contributed by atoms with E-state index in [4.69, 9.17) is 17.6 Å². The molecule has 33 heavy (non-hydrogen) atoms. The molecule has 3 amide bonds. The lowest BCUT2D eigenvalue weighted by atomic mass is 10.00. The fourth-order valence-electron chi connectivity index (χ4n) is 3.99. The van der Waals surface area contributed by atoms with Crippen LogP contribution in [0.15, 0.2) is 11.8 Å². The molecule has 1 rings (SSSR count). The van der Waals surface area contributed by atoms with E-state index in [0.717, 1.165) is 51.4 Å². The number of hydrogen-bond donors (Lipinski definition) is 1. The van der Waals surface area contributed by atoms with Crippen molar-refractivity contribution in [2.24, 2.45) is 11.8 Å². The fraction of sp³-hybridized carbons (Fsp3) is 0.667. The van der Waals surface area contributed by atoms with Gasteiger partial charge >= 0.3 is 0 Å². The summed E-state index contributed by atoms with van der Waals surface area (Å²) in [5.74, 6) is 5.04. The first-order chi connectivity index (χ1) is 15.9. The minimum atomic E-state index is -0.381. The van der Waals surface area contributed by atoms with E-state index < -0.39 is 0 Å². The van der Waals surface area contributed by atoms with E-state index in [1.807, 2.05) is 13.8 Å². The van der Waals surface area contributed by atoms with Crippen molar-refractivity contribution in [1.82, 2.24) is 10.2 Å². The average molecular weight is 457 g/mol. The molecule has 0 saturated heterocycles. The fourth-order valence-corrected chi connectivity index (χ4v) is 3.99. The van der Waals surface area contributed by atoms with Crippen molar-refractivity contribution in [3.05, 3.63) is 11.8 Å². The monoisotopic (exact) mass is 456 g/mol. The van der Waals surface area contributed by atoms with Gasteiger partial charge < -0.3 is 10.1 Å². The van der Waals surface area contributed by atoms with Crippen molar-refractivity contribution in [2.45, 2.75) is 90.5 Å². The standard InChI is InChI=1S/C27H40N2O4/c1-6-8-10-12-16-21(3)26(31)28-19-15-14-18-23-24(33-5)20-25(30)29(23)27(32)22(4)17-13-11-9-7-2/h1-2,20-23H,8-19H2,3-5H3,(H,28,31)/t21?,22-,23-/m0/s1. The molecule has 0 spiro atoms. The molecule has 3 atom stereocenters. The van der Waals surface area contributed by atoms with Crippen molar-refractivity contribution >= 4 is 17.7 Å². The summed E-state index contributed by atoms with van der Waals surface area (Å²) in [6.07, 6.45) is 20.7. The van der Waals surface area contributed by atoms with Gasteiger partial charge in [0.2, 0.25) is 11.8 Å². The largest absolute Gasteiger partial charge is 0.499 e. The molecule has 1 N–H and O–H groups in total. The van der Waals surface area contributed by atoms with E-state index in [9.17, 15) is 14.4 Å². The molecule has 0 bridgehead atoms. The number of imide groups is 1. The second-order valence-electron chi connectivity index (χ2n) is 8.80. The van der Waals surface area contributed by atoms with Crippen molar-refractivity contribution in [2.75, 3.05) is 13.7 Å². The van der Waals surface area contributed by atoms with Crippen LogP contribution in [-0.4, -0.2) is 42.3 Å². The van der Waals surface area contributed by atoms with Crippen LogP contribution in [0.5, 0.6) is 0 Å². The first-order valence-electron chi connectivity index (χ1n) is 12.1. The maximum Gasteiger partial charge on any atom is 0.257 e. The third-order valence-corrected chi connectivity index (χ3v) is 6.11. The molecule has 182 valence electrons. The summed E-state index contributed by atoms with van der Waals surface area (Å²) >= 11 is 0. The van der Waals surface area contributed by atoms with Crippen LogP contribution in [0.4, 0.5) is 0 Å². The molecule has 1 heterocycles. The van der Waals surface area contributed by atoms with Crippen LogP contribution in [-0.2, 0) is 19.1 Å². The summed E-state index contributed by atoms with van der Waals surface area (Å²) in [7, 11) is 1.52. The van der Waals surface area contributed by atoms with E-state index in [1.54, 1.807) is 0 Å². The molecule has 6 heteroatoms. The normalized spacial score (nSPS) is 17.0. The minimum Gasteiger partial charge on any atom is -0.499 e. The molecule has 6 nitrogen and oxygen atoms in total. The van der Waals surface area contributed by atoms with E-state index in [2.05, 4.69) is 17.2 Å². The Hall–Kier alpha value is -2.73. The van der Waals surface area contributed by atoms with Crippen molar-refractivity contribution < 1.29 is 19.1 Å². The van der Waals surface area contributed by atoms with E-state index in [0.29, 0.717) is 31.6 Å². The van der Waals surface area contributed by atoms with Crippen LogP contribution in [0.3, 0.4) is 0 Å². The van der Waals surface area contributed by atoms with E-state index in [-0.39, 0.29) is 35.6 Å². The first kappa shape index (κ1) is 28.3. The summed E-state index contributed by atoms with van der Waals surface area (Å²) in [4.78, 5) is 39.1. The lowest BCUT2D eigenvalue weighted by Crippen LogP contribution is -2.43. The Morgan fingerprint density at radius 1 is 1.03 bits per heavy atom. The maximum atomic E-state index is 13.0. The van der Waals surface area contributed by atoms with Gasteiger partial charge in [-0.1, -0.05) is 26.7 Å². The molecule has 0 saturated carbocycles. The van der Waals surface area contributed by atoms with Gasteiger partial charge in [0.15, 0.2) is 0 Å². The molecule has 1 aliphatic rings. The van der Waals surface area contributed by atoms with E-state index >= 15 is 0 Å². The molecule has 0 aliphatic carbocycles. The molecule has 0 aromatic rings. The van der Waals surface area contributed by atoms with Crippen LogP contribution in [0.2, 0.25) is 0 Å². The Morgan fingerprint density at radius 3 is 2.21 bits per heavy atom. The quantitative estimate of drug-likeness (QED) is 0.279. The Labute approximate surface area is 199 Å². The van der Waals surface area contributed by atoms with Gasteiger partial charge in [-0.15, -0.1) is 24.7 Å². The summed E-state index contributed by atoms with van der Waals surface area (Å²) in [5, 5.41) is 2.98. The molecule has 0 fully saturated rings. The summed E-state index contributed by atoms with van der Waals surface area (Å²) in [5.41, 5.74) is 0. The van der Waals surface area contributed by atoms with Gasteiger partial charge in [-0.25, -0.2) is 0 Å². The molecule has 0 aromatic heterocycles. The maximum absolute atomic E-state index is 13.0. The topological polar surface area (TPSA) is 75.7 Å². The molecule has 1 aliphatic heterocycles. The number of rotatable bonds is 16. The van der Waals surface area contributed by atoms with Gasteiger partial charge in [-0.2, -0.15) is 0 Å². The number of ether oxygens (including phenoxy) is 1. The van der Waals surface area contributed by atoms with Crippen LogP contribution >= 0.6 is 0 Å². The minimum absolute atomic E-state index is 0.0338. The zero-order valence-electron chi connectivity index (χ0n) is 20.5. The molecular formula is C27H40N2O4. The highest BCUT2D eigenvalue weighted by molar-refractivity contribution is 6.04. The third-order valence-electron chi connectivity index (χ3n) is 6.11. The Balaban J connectivity index is 2.47. The third kappa shape index (κ3) is 9.74. The van der Waals surface area contributed by atoms with Crippen molar-refractivity contribution in [3.63, 3.8) is 0 Å². The predicted octanol–water partition coefficient (Wildman–Crippen LogP) is 4.20. The Kier molecular flexibility index (Phi) is 13.7. The van der Waals surface area contributed by atoms with Crippen LogP contribution in [0.25, 0.3) is 0 Å². The number of terminal acetylenes is 2. The average Bonchev–Trinajstić information content (AvgIpc) is 3.13. The zero-order valence-corrected chi connectivity index (χ0v) is 20.5. The highest BCUT2D eigenvalue weighted by Gasteiger charge is 2.39. The van der Waals surface area contributed by atoms with Crippen LogP contribution < -0.4 is 5.32 Å². The highest BCUT2D eigenvalue weighted by Crippen LogP contribution is 2.27. The Bertz CT molecular complexity index is 759. The van der Waals surface area contributed by atoms with E-state index in [1.165, 1.54) is 18.1 Å². The van der Waals surface area contributed by atoms with Crippen LogP contribution in [0, 0.1) is 36.5 Å². The number of nitrogens with one attached hydrogen (secondary N) is 1. The number of unbranched alkanes of at least 4 members (excludes halogenated alkanes) is 5. The van der Waals surface area contributed by atoms with Gasteiger partial charge in [0.05, 0.1) is 13.2 Å². The lowest BCUT2D eigenvalue weighted by Gasteiger charge is -2.27. The molecule has 1 unspecified atom stereocenters. The van der Waals surface area contributed by atoms with Gasteiger partial charge in [0.1, 0.15) is 5.76 Å². The number of hydrogen-bond acceptors (Lipinski definition) is 4. The highest BCUT2D eigenvalue weighted by atomic mass is 16.5. The molecule has 0 aromatic carbocycles. The summed E-state index contributed by atoms with van der Waals surface area (Å²) < 4.78 is 5.39. The number of methoxy groups -OCH3 is 1. The van der Waals surface area contributed by atoms with Crippen molar-refractivity contribution in [3.8, 4) is 24.7 Å². The number of carbonyl (C=O) groups is 3. The summed E-state index contributed by atoms with van der Waals surface area (Å²) in [6, 6.07) is -0.381. The predicted molar refractivity (Wildman–Crippen MR) is 131 cm³/mol. The molecule has 0 radical (unpaired) electrons. The first-order valence-corrected chi connectivity index (χ1v) is 12.1. The van der Waals surface area contributed by atoms with Gasteiger partial charge in [-0.05, 0) is 44.9 Å². The van der Waals surface area contributed by atoms with Gasteiger partial charge in [0, 0.05) is 37.3 Å². The smallest absolute Gasteiger partial charge is 0.257 e. The van der Waals surface area contributed by atoms with Gasteiger partial charge in [-0.3, -0.25) is 19.3 Å². The second-order valence-corrected chi connectivity index (χ2v) is 8.80. The number of carbonyl (C=O) groups excluding carboxylic acids is 3. The summed E-state index contributed by atoms with van der Waals surface area (Å²) in [6.45, 7) is 4.36. The molecular weight excluding hydrogens is 416 g/mol. The number of amides is 3. The van der Waals surface area contributed by atoms with Crippen LogP contribution in [0.1, 0.15) is 84.5 Å². The number of nitrogens with zero attached hydrogens (tertiary/aromatic N) is 1. The van der Waals surface area contributed by atoms with Crippen molar-refractivity contribution in [1.29, 1.82) is 0 Å². The Morgan fingerprint density at radius 2 is 1.64 bits per heavy atom. The lowest BCUT2D eigenvalue weighted by molar-refractivity contribution is -0.146. The van der Waals surface area contributed by atoms with Gasteiger partial charge in [0.25, 0.3) is 5.91 Å². The zero-order chi connectivity index (χ0) is 24.6.